The zero-order chi connectivity index (χ0) is 6.91. The van der Waals surface area contributed by atoms with E-state index in [4.69, 9.17) is 5.73 Å². The Hall–Kier alpha value is -1.06. The number of nitrogens with two attached hydrogens (primary N) is 1. The van der Waals surface area contributed by atoms with Crippen LogP contribution in [0.5, 0.6) is 0 Å². The number of hydrogen-bond acceptors (Lipinski definition) is 4. The largest absolute Gasteiger partial charge is 0.368 e. The zero-order valence-corrected chi connectivity index (χ0v) is 5.55. The van der Waals surface area contributed by atoms with Crippen LogP contribution in [0.1, 0.15) is 13.8 Å². The van der Waals surface area contributed by atoms with Crippen molar-refractivity contribution in [2.24, 2.45) is 15.8 Å². The third-order valence-corrected chi connectivity index (χ3v) is 0.968. The van der Waals surface area contributed by atoms with E-state index in [1.165, 1.54) is 0 Å². The summed E-state index contributed by atoms with van der Waals surface area (Å²) in [6.45, 7) is 3.87. The fraction of sp³-hybridized carbons (Fsp3) is 0.600. The Morgan fingerprint density at radius 3 is 2.67 bits per heavy atom. The lowest BCUT2D eigenvalue weighted by Gasteiger charge is -2.17. The van der Waals surface area contributed by atoms with Crippen LogP contribution in [0.2, 0.25) is 0 Å². The van der Waals surface area contributed by atoms with Crippen molar-refractivity contribution in [3.63, 3.8) is 0 Å². The minimum Gasteiger partial charge on any atom is -0.368 e. The Labute approximate surface area is 53.8 Å². The van der Waals surface area contributed by atoms with Crippen LogP contribution in [0.25, 0.3) is 0 Å². The molecule has 0 bridgehead atoms. The molecular formula is C5H10N4. The highest BCUT2D eigenvalue weighted by atomic mass is 15.4. The molecule has 0 atom stereocenters. The van der Waals surface area contributed by atoms with Crippen LogP contribution in [0.3, 0.4) is 0 Å². The molecule has 0 aromatic rings. The Bertz CT molecular complexity index is 168. The highest BCUT2D eigenvalue weighted by Crippen LogP contribution is 2.05. The quantitative estimate of drug-likeness (QED) is 0.466. The standard InChI is InChI=1S/C5H10N4/c1-5(2)3-7-9-4(6)8-5/h3H,1-2H3,(H3,6,8,9). The van der Waals surface area contributed by atoms with Crippen LogP contribution in [0.15, 0.2) is 10.1 Å². The molecule has 0 spiro atoms. The molecule has 0 saturated carbocycles. The molecule has 1 heterocycles. The Morgan fingerprint density at radius 2 is 2.33 bits per heavy atom. The molecule has 0 fully saturated rings. The van der Waals surface area contributed by atoms with E-state index in [0.29, 0.717) is 5.96 Å². The highest BCUT2D eigenvalue weighted by Gasteiger charge is 2.15. The van der Waals surface area contributed by atoms with Gasteiger partial charge in [-0.1, -0.05) is 0 Å². The predicted octanol–water partition coefficient (Wildman–Crippen LogP) is -0.331. The second-order valence-electron chi connectivity index (χ2n) is 2.52. The minimum absolute atomic E-state index is 0.241. The van der Waals surface area contributed by atoms with E-state index in [2.05, 4.69) is 15.5 Å². The molecule has 1 rings (SSSR count). The number of aliphatic imine (C=N–C) groups is 1. The molecule has 3 N–H and O–H groups in total. The predicted molar refractivity (Wildman–Crippen MR) is 37.3 cm³/mol. The van der Waals surface area contributed by atoms with Crippen LogP contribution in [-0.2, 0) is 0 Å². The molecule has 1 aliphatic rings. The molecule has 4 nitrogen and oxygen atoms in total. The van der Waals surface area contributed by atoms with Crippen LogP contribution in [0, 0.1) is 0 Å². The van der Waals surface area contributed by atoms with Gasteiger partial charge in [0.25, 0.3) is 0 Å². The lowest BCUT2D eigenvalue weighted by Crippen LogP contribution is -2.37. The lowest BCUT2D eigenvalue weighted by molar-refractivity contribution is 0.683. The van der Waals surface area contributed by atoms with Gasteiger partial charge in [0.15, 0.2) is 0 Å². The molecule has 9 heavy (non-hydrogen) atoms. The Balaban J connectivity index is 2.78. The van der Waals surface area contributed by atoms with Gasteiger partial charge in [-0.05, 0) is 13.8 Å². The first-order valence-electron chi connectivity index (χ1n) is 2.76. The number of guanidine groups is 1. The van der Waals surface area contributed by atoms with Crippen molar-refractivity contribution >= 4 is 12.2 Å². The number of hydrogen-bond donors (Lipinski definition) is 2. The normalized spacial score (nSPS) is 22.7. The second kappa shape index (κ2) is 1.72. The smallest absolute Gasteiger partial charge is 0.210 e. The van der Waals surface area contributed by atoms with E-state index in [1.807, 2.05) is 13.8 Å². The highest BCUT2D eigenvalue weighted by molar-refractivity contribution is 5.85. The van der Waals surface area contributed by atoms with E-state index in [0.717, 1.165) is 0 Å². The molecule has 0 aliphatic carbocycles. The van der Waals surface area contributed by atoms with E-state index in [-0.39, 0.29) is 5.54 Å². The van der Waals surface area contributed by atoms with Crippen LogP contribution < -0.4 is 11.2 Å². The molecular weight excluding hydrogens is 116 g/mol. The average molecular weight is 126 g/mol. The topological polar surface area (TPSA) is 62.8 Å². The van der Waals surface area contributed by atoms with Crippen molar-refractivity contribution in [2.75, 3.05) is 0 Å². The summed E-state index contributed by atoms with van der Waals surface area (Å²) in [5.74, 6) is 0.377. The lowest BCUT2D eigenvalue weighted by atomic mass is 10.1. The van der Waals surface area contributed by atoms with E-state index in [9.17, 15) is 0 Å². The molecule has 0 radical (unpaired) electrons. The maximum atomic E-state index is 5.34. The summed E-state index contributed by atoms with van der Waals surface area (Å²) in [6.07, 6.45) is 1.71. The van der Waals surface area contributed by atoms with Gasteiger partial charge in [-0.15, -0.1) is 0 Å². The van der Waals surface area contributed by atoms with Gasteiger partial charge in [0.2, 0.25) is 5.96 Å². The Kier molecular flexibility index (Phi) is 1.16. The van der Waals surface area contributed by atoms with Crippen molar-refractivity contribution in [2.45, 2.75) is 19.4 Å². The van der Waals surface area contributed by atoms with Crippen molar-refractivity contribution in [1.29, 1.82) is 0 Å². The van der Waals surface area contributed by atoms with Gasteiger partial charge in [-0.2, -0.15) is 5.10 Å². The zero-order valence-electron chi connectivity index (χ0n) is 5.55. The first kappa shape index (κ1) is 6.07. The van der Waals surface area contributed by atoms with Gasteiger partial charge in [0.05, 0.1) is 11.8 Å². The summed E-state index contributed by atoms with van der Waals surface area (Å²) >= 11 is 0. The SMILES string of the molecule is CC1(C)C=NNC(N)=N1. The third-order valence-electron chi connectivity index (χ3n) is 0.968. The van der Waals surface area contributed by atoms with Gasteiger partial charge in [-0.25, -0.2) is 10.4 Å². The maximum absolute atomic E-state index is 5.34. The third kappa shape index (κ3) is 1.42. The van der Waals surface area contributed by atoms with E-state index in [1.54, 1.807) is 6.21 Å². The molecule has 0 aromatic carbocycles. The first-order chi connectivity index (χ1) is 4.10. The number of nitrogens with one attached hydrogen (secondary N) is 1. The fourth-order valence-corrected chi connectivity index (χ4v) is 0.621. The van der Waals surface area contributed by atoms with Crippen LogP contribution >= 0.6 is 0 Å². The van der Waals surface area contributed by atoms with Gasteiger partial charge < -0.3 is 5.73 Å². The molecule has 0 amide bonds. The number of hydrazone groups is 1. The summed E-state index contributed by atoms with van der Waals surface area (Å²) in [4.78, 5) is 4.05. The van der Waals surface area contributed by atoms with Gasteiger partial charge in [0.1, 0.15) is 0 Å². The summed E-state index contributed by atoms with van der Waals surface area (Å²) in [5.41, 5.74) is 7.63. The molecule has 0 aromatic heterocycles. The molecule has 0 saturated heterocycles. The van der Waals surface area contributed by atoms with Gasteiger partial charge >= 0.3 is 0 Å². The fourth-order valence-electron chi connectivity index (χ4n) is 0.621. The van der Waals surface area contributed by atoms with Crippen LogP contribution in [-0.4, -0.2) is 17.7 Å². The monoisotopic (exact) mass is 126 g/mol. The summed E-state index contributed by atoms with van der Waals surface area (Å²) in [6, 6.07) is 0. The minimum atomic E-state index is -0.241. The number of nitrogens with zero attached hydrogens (tertiary/aromatic N) is 2. The van der Waals surface area contributed by atoms with Gasteiger partial charge in [0, 0.05) is 0 Å². The molecule has 0 unspecified atom stereocenters. The molecule has 4 heteroatoms. The second-order valence-corrected chi connectivity index (χ2v) is 2.52. The molecule has 50 valence electrons. The van der Waals surface area contributed by atoms with Crippen molar-refractivity contribution < 1.29 is 0 Å². The average Bonchev–Trinajstić information content (AvgIpc) is 1.60. The Morgan fingerprint density at radius 1 is 1.67 bits per heavy atom. The number of rotatable bonds is 0. The maximum Gasteiger partial charge on any atom is 0.210 e. The van der Waals surface area contributed by atoms with Gasteiger partial charge in [-0.3, -0.25) is 0 Å². The first-order valence-corrected chi connectivity index (χ1v) is 2.76. The summed E-state index contributed by atoms with van der Waals surface area (Å²) in [7, 11) is 0. The molecule has 1 aliphatic heterocycles. The van der Waals surface area contributed by atoms with E-state index >= 15 is 0 Å². The summed E-state index contributed by atoms with van der Waals surface area (Å²) < 4.78 is 0. The van der Waals surface area contributed by atoms with E-state index < -0.39 is 0 Å². The van der Waals surface area contributed by atoms with Crippen molar-refractivity contribution in [3.05, 3.63) is 0 Å². The van der Waals surface area contributed by atoms with Crippen molar-refractivity contribution in [1.82, 2.24) is 5.43 Å². The van der Waals surface area contributed by atoms with Crippen molar-refractivity contribution in [3.8, 4) is 0 Å². The summed E-state index contributed by atoms with van der Waals surface area (Å²) in [5, 5.41) is 3.78. The van der Waals surface area contributed by atoms with Crippen LogP contribution in [0.4, 0.5) is 0 Å².